The molecule has 0 bridgehead atoms. The average molecular weight is 325 g/mol. The molecular weight excluding hydrogens is 280 g/mol. The van der Waals surface area contributed by atoms with Crippen LogP contribution in [0.25, 0.3) is 0 Å². The van der Waals surface area contributed by atoms with E-state index < -0.39 is 0 Å². The van der Waals surface area contributed by atoms with Crippen molar-refractivity contribution in [3.8, 4) is 0 Å². The number of nitrogens with two attached hydrogens (primary N) is 2. The van der Waals surface area contributed by atoms with Crippen LogP contribution in [0.3, 0.4) is 0 Å². The first kappa shape index (κ1) is 21.0. The fraction of sp³-hybridized carbons (Fsp3) is 1.00. The Morgan fingerprint density at radius 1 is 0.913 bits per heavy atom. The van der Waals surface area contributed by atoms with Gasteiger partial charge in [-0.2, -0.15) is 0 Å². The summed E-state index contributed by atoms with van der Waals surface area (Å²) in [4.78, 5) is 0. The summed E-state index contributed by atoms with van der Waals surface area (Å²) in [7, 11) is 0. The molecular formula is C21H44N2. The lowest BCUT2D eigenvalue weighted by atomic mass is 9.65. The molecule has 0 spiro atoms. The summed E-state index contributed by atoms with van der Waals surface area (Å²) in [6, 6.07) is 0. The Morgan fingerprint density at radius 2 is 1.52 bits per heavy atom. The van der Waals surface area contributed by atoms with Crippen molar-refractivity contribution in [1.82, 2.24) is 0 Å². The predicted molar refractivity (Wildman–Crippen MR) is 103 cm³/mol. The van der Waals surface area contributed by atoms with Crippen molar-refractivity contribution >= 4 is 0 Å². The van der Waals surface area contributed by atoms with E-state index in [0.29, 0.717) is 5.41 Å². The van der Waals surface area contributed by atoms with Crippen LogP contribution in [0.15, 0.2) is 0 Å². The molecule has 1 fully saturated rings. The van der Waals surface area contributed by atoms with Crippen molar-refractivity contribution in [2.75, 3.05) is 13.1 Å². The maximum Gasteiger partial charge on any atom is -0.00204 e. The second kappa shape index (κ2) is 10.0. The van der Waals surface area contributed by atoms with E-state index in [9.17, 15) is 0 Å². The van der Waals surface area contributed by atoms with Crippen molar-refractivity contribution in [2.24, 2.45) is 46.5 Å². The lowest BCUT2D eigenvalue weighted by molar-refractivity contribution is 0.114. The van der Waals surface area contributed by atoms with Gasteiger partial charge >= 0.3 is 0 Å². The molecule has 1 unspecified atom stereocenters. The molecule has 0 aromatic rings. The van der Waals surface area contributed by atoms with Crippen LogP contribution < -0.4 is 11.5 Å². The molecule has 2 nitrogen and oxygen atoms in total. The maximum atomic E-state index is 6.15. The van der Waals surface area contributed by atoms with Gasteiger partial charge in [0, 0.05) is 0 Å². The average Bonchev–Trinajstić information content (AvgIpc) is 2.47. The van der Waals surface area contributed by atoms with E-state index in [0.717, 1.165) is 42.7 Å². The predicted octanol–water partition coefficient (Wildman–Crippen LogP) is 5.21. The Hall–Kier alpha value is -0.0800. The van der Waals surface area contributed by atoms with Crippen LogP contribution in [0.4, 0.5) is 0 Å². The fourth-order valence-electron chi connectivity index (χ4n) is 5.07. The van der Waals surface area contributed by atoms with Gasteiger partial charge in [0.15, 0.2) is 0 Å². The SMILES string of the molecule is CC(C)C[C@H](CN)CC(C)CC1CCC(CN)(CC(C)C)CC1. The van der Waals surface area contributed by atoms with Gasteiger partial charge < -0.3 is 11.5 Å². The van der Waals surface area contributed by atoms with Crippen LogP contribution >= 0.6 is 0 Å². The van der Waals surface area contributed by atoms with Crippen LogP contribution in [0.1, 0.15) is 86.0 Å². The minimum absolute atomic E-state index is 0.450. The molecule has 0 radical (unpaired) electrons. The second-order valence-electron chi connectivity index (χ2n) is 9.55. The highest BCUT2D eigenvalue weighted by molar-refractivity contribution is 4.87. The molecule has 0 amide bonds. The Kier molecular flexibility index (Phi) is 9.15. The van der Waals surface area contributed by atoms with Crippen molar-refractivity contribution in [2.45, 2.75) is 86.0 Å². The van der Waals surface area contributed by atoms with E-state index in [4.69, 9.17) is 11.5 Å². The molecule has 2 heteroatoms. The molecule has 138 valence electrons. The molecule has 1 rings (SSSR count). The van der Waals surface area contributed by atoms with E-state index in [1.807, 2.05) is 0 Å². The van der Waals surface area contributed by atoms with Crippen LogP contribution in [-0.4, -0.2) is 13.1 Å². The van der Waals surface area contributed by atoms with Gasteiger partial charge in [-0.1, -0.05) is 34.6 Å². The largest absolute Gasteiger partial charge is 0.330 e. The highest BCUT2D eigenvalue weighted by Crippen LogP contribution is 2.44. The minimum atomic E-state index is 0.450. The third-order valence-electron chi connectivity index (χ3n) is 6.05. The van der Waals surface area contributed by atoms with Gasteiger partial charge in [0.1, 0.15) is 0 Å². The molecule has 1 aliphatic rings. The molecule has 0 heterocycles. The van der Waals surface area contributed by atoms with Crippen LogP contribution in [0.5, 0.6) is 0 Å². The van der Waals surface area contributed by atoms with E-state index in [1.54, 1.807) is 0 Å². The molecule has 4 N–H and O–H groups in total. The summed E-state index contributed by atoms with van der Waals surface area (Å²) >= 11 is 0. The lowest BCUT2D eigenvalue weighted by Gasteiger charge is -2.41. The first-order valence-corrected chi connectivity index (χ1v) is 10.2. The molecule has 2 atom stereocenters. The molecule has 0 aliphatic heterocycles. The number of rotatable bonds is 10. The first-order valence-electron chi connectivity index (χ1n) is 10.2. The number of hydrogen-bond acceptors (Lipinski definition) is 2. The molecule has 23 heavy (non-hydrogen) atoms. The van der Waals surface area contributed by atoms with Gasteiger partial charge in [-0.15, -0.1) is 0 Å². The third-order valence-corrected chi connectivity index (χ3v) is 6.05. The van der Waals surface area contributed by atoms with E-state index >= 15 is 0 Å². The van der Waals surface area contributed by atoms with Crippen molar-refractivity contribution in [1.29, 1.82) is 0 Å². The van der Waals surface area contributed by atoms with Gasteiger partial charge in [-0.3, -0.25) is 0 Å². The maximum absolute atomic E-state index is 6.15. The normalized spacial score (nSPS) is 28.3. The molecule has 0 aromatic carbocycles. The standard InChI is InChI=1S/C21H44N2/c1-16(2)10-20(14-22)12-18(5)11-19-6-8-21(15-23,9-7-19)13-17(3)4/h16-20H,6-15,22-23H2,1-5H3/t18?,19?,20-,21?/m0/s1. The van der Waals surface area contributed by atoms with Gasteiger partial charge in [0.05, 0.1) is 0 Å². The van der Waals surface area contributed by atoms with Crippen molar-refractivity contribution < 1.29 is 0 Å². The molecule has 1 aliphatic carbocycles. The van der Waals surface area contributed by atoms with E-state index in [-0.39, 0.29) is 0 Å². The van der Waals surface area contributed by atoms with Gasteiger partial charge in [0.2, 0.25) is 0 Å². The van der Waals surface area contributed by atoms with Crippen molar-refractivity contribution in [3.05, 3.63) is 0 Å². The summed E-state index contributed by atoms with van der Waals surface area (Å²) in [5.74, 6) is 4.01. The Morgan fingerprint density at radius 3 is 1.96 bits per heavy atom. The van der Waals surface area contributed by atoms with Crippen molar-refractivity contribution in [3.63, 3.8) is 0 Å². The smallest absolute Gasteiger partial charge is 0.00204 e. The van der Waals surface area contributed by atoms with E-state index in [2.05, 4.69) is 34.6 Å². The zero-order valence-electron chi connectivity index (χ0n) is 16.6. The van der Waals surface area contributed by atoms with Gasteiger partial charge in [-0.05, 0) is 99.5 Å². The zero-order valence-corrected chi connectivity index (χ0v) is 16.6. The van der Waals surface area contributed by atoms with Gasteiger partial charge in [0.25, 0.3) is 0 Å². The van der Waals surface area contributed by atoms with E-state index in [1.165, 1.54) is 51.4 Å². The third kappa shape index (κ3) is 7.56. The Bertz CT molecular complexity index is 303. The zero-order chi connectivity index (χ0) is 17.5. The Balaban J connectivity index is 2.39. The minimum Gasteiger partial charge on any atom is -0.330 e. The van der Waals surface area contributed by atoms with Crippen LogP contribution in [0, 0.1) is 35.0 Å². The molecule has 0 saturated heterocycles. The fourth-order valence-corrected chi connectivity index (χ4v) is 5.07. The summed E-state index contributed by atoms with van der Waals surface area (Å²) in [5, 5.41) is 0. The highest BCUT2D eigenvalue weighted by atomic mass is 14.6. The first-order chi connectivity index (χ1) is 10.8. The summed E-state index contributed by atoms with van der Waals surface area (Å²) in [6.45, 7) is 13.5. The summed E-state index contributed by atoms with van der Waals surface area (Å²) in [6.07, 6.45) is 10.8. The Labute approximate surface area is 146 Å². The van der Waals surface area contributed by atoms with Crippen LogP contribution in [0.2, 0.25) is 0 Å². The quantitative estimate of drug-likeness (QED) is 0.580. The highest BCUT2D eigenvalue weighted by Gasteiger charge is 2.35. The number of hydrogen-bond donors (Lipinski definition) is 2. The van der Waals surface area contributed by atoms with Gasteiger partial charge in [-0.25, -0.2) is 0 Å². The molecule has 1 saturated carbocycles. The topological polar surface area (TPSA) is 52.0 Å². The molecule has 0 aromatic heterocycles. The summed E-state index contributed by atoms with van der Waals surface area (Å²) in [5.41, 5.74) is 12.6. The summed E-state index contributed by atoms with van der Waals surface area (Å²) < 4.78 is 0. The lowest BCUT2D eigenvalue weighted by Crippen LogP contribution is -2.36. The monoisotopic (exact) mass is 324 g/mol. The second-order valence-corrected chi connectivity index (χ2v) is 9.55. The van der Waals surface area contributed by atoms with Crippen LogP contribution in [-0.2, 0) is 0 Å².